The number of benzene rings is 1. The van der Waals surface area contributed by atoms with Crippen molar-refractivity contribution in [2.75, 3.05) is 0 Å². The SMILES string of the molecule is NNC(=O)Cn1c(-c2ccccn2)nc2ccccc21. The molecule has 2 aromatic heterocycles. The van der Waals surface area contributed by atoms with Gasteiger partial charge in [-0.1, -0.05) is 18.2 Å². The number of nitrogens with two attached hydrogens (primary N) is 1. The fourth-order valence-corrected chi connectivity index (χ4v) is 2.12. The summed E-state index contributed by atoms with van der Waals surface area (Å²) >= 11 is 0. The van der Waals surface area contributed by atoms with Crippen molar-refractivity contribution >= 4 is 16.9 Å². The Labute approximate surface area is 115 Å². The minimum Gasteiger partial charge on any atom is -0.313 e. The monoisotopic (exact) mass is 267 g/mol. The largest absolute Gasteiger partial charge is 0.313 e. The molecule has 0 atom stereocenters. The third-order valence-corrected chi connectivity index (χ3v) is 3.01. The number of nitrogens with zero attached hydrogens (tertiary/aromatic N) is 3. The zero-order chi connectivity index (χ0) is 13.9. The summed E-state index contributed by atoms with van der Waals surface area (Å²) in [5.41, 5.74) is 4.54. The van der Waals surface area contributed by atoms with Crippen LogP contribution in [-0.4, -0.2) is 20.4 Å². The molecule has 0 aliphatic heterocycles. The molecule has 0 unspecified atom stereocenters. The Morgan fingerprint density at radius 2 is 2.00 bits per heavy atom. The maximum Gasteiger partial charge on any atom is 0.253 e. The fraction of sp³-hybridized carbons (Fsp3) is 0.0714. The number of amides is 1. The van der Waals surface area contributed by atoms with Crippen molar-refractivity contribution in [3.05, 3.63) is 48.7 Å². The number of fused-ring (bicyclic) bond motifs is 1. The minimum atomic E-state index is -0.287. The van der Waals surface area contributed by atoms with Crippen molar-refractivity contribution in [3.8, 4) is 11.5 Å². The van der Waals surface area contributed by atoms with Crippen LogP contribution in [0, 0.1) is 0 Å². The van der Waals surface area contributed by atoms with E-state index in [1.54, 1.807) is 10.8 Å². The predicted molar refractivity (Wildman–Crippen MR) is 75.3 cm³/mol. The summed E-state index contributed by atoms with van der Waals surface area (Å²) in [6.45, 7) is 0.100. The number of carbonyl (C=O) groups is 1. The van der Waals surface area contributed by atoms with E-state index in [2.05, 4.69) is 15.4 Å². The van der Waals surface area contributed by atoms with Gasteiger partial charge in [-0.3, -0.25) is 15.2 Å². The highest BCUT2D eigenvalue weighted by Gasteiger charge is 2.15. The highest BCUT2D eigenvalue weighted by atomic mass is 16.2. The Morgan fingerprint density at radius 1 is 1.20 bits per heavy atom. The van der Waals surface area contributed by atoms with Crippen molar-refractivity contribution in [3.63, 3.8) is 0 Å². The molecule has 3 rings (SSSR count). The zero-order valence-corrected chi connectivity index (χ0v) is 10.7. The Hall–Kier alpha value is -2.73. The normalized spacial score (nSPS) is 10.7. The molecule has 1 amide bonds. The van der Waals surface area contributed by atoms with Gasteiger partial charge in [0.25, 0.3) is 5.91 Å². The molecule has 0 aliphatic carbocycles. The molecule has 0 aliphatic rings. The molecule has 6 nitrogen and oxygen atoms in total. The first-order chi connectivity index (χ1) is 9.79. The summed E-state index contributed by atoms with van der Waals surface area (Å²) < 4.78 is 1.81. The van der Waals surface area contributed by atoms with E-state index in [0.29, 0.717) is 11.5 Å². The van der Waals surface area contributed by atoms with Gasteiger partial charge in [0.1, 0.15) is 12.2 Å². The molecule has 6 heteroatoms. The Morgan fingerprint density at radius 3 is 2.75 bits per heavy atom. The Balaban J connectivity index is 2.20. The number of para-hydroxylation sites is 2. The van der Waals surface area contributed by atoms with Gasteiger partial charge in [-0.15, -0.1) is 0 Å². The first-order valence-electron chi connectivity index (χ1n) is 6.15. The summed E-state index contributed by atoms with van der Waals surface area (Å²) in [7, 11) is 0. The van der Waals surface area contributed by atoms with Gasteiger partial charge in [0, 0.05) is 6.20 Å². The third kappa shape index (κ3) is 2.12. The van der Waals surface area contributed by atoms with Crippen molar-refractivity contribution in [2.45, 2.75) is 6.54 Å². The van der Waals surface area contributed by atoms with Crippen molar-refractivity contribution < 1.29 is 4.79 Å². The molecule has 100 valence electrons. The molecular formula is C14H13N5O. The van der Waals surface area contributed by atoms with Crippen molar-refractivity contribution in [2.24, 2.45) is 5.84 Å². The number of hydrogen-bond acceptors (Lipinski definition) is 4. The standard InChI is InChI=1S/C14H13N5O/c15-18-13(20)9-19-12-7-2-1-5-10(12)17-14(19)11-6-3-4-8-16-11/h1-8H,9,15H2,(H,18,20). The van der Waals surface area contributed by atoms with Crippen LogP contribution in [0.5, 0.6) is 0 Å². The van der Waals surface area contributed by atoms with Crippen LogP contribution in [0.4, 0.5) is 0 Å². The van der Waals surface area contributed by atoms with E-state index >= 15 is 0 Å². The molecule has 1 aromatic carbocycles. The van der Waals surface area contributed by atoms with E-state index in [0.717, 1.165) is 11.0 Å². The second-order valence-corrected chi connectivity index (χ2v) is 4.29. The van der Waals surface area contributed by atoms with Crippen LogP contribution in [0.2, 0.25) is 0 Å². The van der Waals surface area contributed by atoms with E-state index in [1.807, 2.05) is 42.5 Å². The molecule has 3 aromatic rings. The molecule has 0 spiro atoms. The highest BCUT2D eigenvalue weighted by molar-refractivity contribution is 5.83. The summed E-state index contributed by atoms with van der Waals surface area (Å²) in [6.07, 6.45) is 1.70. The Kier molecular flexibility index (Phi) is 3.14. The van der Waals surface area contributed by atoms with Gasteiger partial charge < -0.3 is 4.57 Å². The van der Waals surface area contributed by atoms with Gasteiger partial charge in [-0.2, -0.15) is 0 Å². The van der Waals surface area contributed by atoms with Crippen LogP contribution in [-0.2, 0) is 11.3 Å². The van der Waals surface area contributed by atoms with Crippen LogP contribution in [0.1, 0.15) is 0 Å². The lowest BCUT2D eigenvalue weighted by molar-refractivity contribution is -0.121. The molecule has 3 N–H and O–H groups in total. The topological polar surface area (TPSA) is 85.8 Å². The van der Waals surface area contributed by atoms with E-state index in [-0.39, 0.29) is 12.5 Å². The van der Waals surface area contributed by atoms with Gasteiger partial charge in [0.2, 0.25) is 0 Å². The predicted octanol–water partition coefficient (Wildman–Crippen LogP) is 1.09. The maximum atomic E-state index is 11.6. The second-order valence-electron chi connectivity index (χ2n) is 4.29. The smallest absolute Gasteiger partial charge is 0.253 e. The number of nitrogens with one attached hydrogen (secondary N) is 1. The first kappa shape index (κ1) is 12.3. The number of aromatic nitrogens is 3. The summed E-state index contributed by atoms with van der Waals surface area (Å²) in [5.74, 6) is 5.53. The van der Waals surface area contributed by atoms with E-state index in [1.165, 1.54) is 0 Å². The maximum absolute atomic E-state index is 11.6. The molecule has 0 saturated heterocycles. The van der Waals surface area contributed by atoms with Crippen LogP contribution in [0.15, 0.2) is 48.7 Å². The molecule has 2 heterocycles. The van der Waals surface area contributed by atoms with Crippen LogP contribution < -0.4 is 11.3 Å². The van der Waals surface area contributed by atoms with Gasteiger partial charge in [-0.25, -0.2) is 10.8 Å². The second kappa shape index (κ2) is 5.10. The number of hydrazine groups is 1. The van der Waals surface area contributed by atoms with Crippen LogP contribution in [0.3, 0.4) is 0 Å². The summed E-state index contributed by atoms with van der Waals surface area (Å²) in [6, 6.07) is 13.2. The quantitative estimate of drug-likeness (QED) is 0.422. The number of pyridine rings is 1. The average Bonchev–Trinajstić information content (AvgIpc) is 2.87. The lowest BCUT2D eigenvalue weighted by atomic mass is 10.3. The molecule has 0 radical (unpaired) electrons. The Bertz CT molecular complexity index is 751. The van der Waals surface area contributed by atoms with Gasteiger partial charge in [0.15, 0.2) is 5.82 Å². The molecule has 20 heavy (non-hydrogen) atoms. The van der Waals surface area contributed by atoms with E-state index in [4.69, 9.17) is 5.84 Å². The number of carbonyl (C=O) groups excluding carboxylic acids is 1. The fourth-order valence-electron chi connectivity index (χ4n) is 2.12. The molecule has 0 saturated carbocycles. The molecular weight excluding hydrogens is 254 g/mol. The van der Waals surface area contributed by atoms with E-state index in [9.17, 15) is 4.79 Å². The lowest BCUT2D eigenvalue weighted by Crippen LogP contribution is -2.33. The first-order valence-corrected chi connectivity index (χ1v) is 6.15. The van der Waals surface area contributed by atoms with Gasteiger partial charge >= 0.3 is 0 Å². The minimum absolute atomic E-state index is 0.100. The van der Waals surface area contributed by atoms with Crippen LogP contribution >= 0.6 is 0 Å². The summed E-state index contributed by atoms with van der Waals surface area (Å²) in [4.78, 5) is 20.4. The van der Waals surface area contributed by atoms with E-state index < -0.39 is 0 Å². The summed E-state index contributed by atoms with van der Waals surface area (Å²) in [5, 5.41) is 0. The van der Waals surface area contributed by atoms with Crippen molar-refractivity contribution in [1.82, 2.24) is 20.0 Å². The van der Waals surface area contributed by atoms with Crippen LogP contribution in [0.25, 0.3) is 22.6 Å². The molecule has 0 bridgehead atoms. The van der Waals surface area contributed by atoms with Crippen molar-refractivity contribution in [1.29, 1.82) is 0 Å². The van der Waals surface area contributed by atoms with Gasteiger partial charge in [0.05, 0.1) is 11.0 Å². The number of rotatable bonds is 3. The molecule has 0 fully saturated rings. The average molecular weight is 267 g/mol. The number of hydrogen-bond donors (Lipinski definition) is 2. The highest BCUT2D eigenvalue weighted by Crippen LogP contribution is 2.22. The zero-order valence-electron chi connectivity index (χ0n) is 10.7. The number of imidazole rings is 1. The lowest BCUT2D eigenvalue weighted by Gasteiger charge is -2.07. The third-order valence-electron chi connectivity index (χ3n) is 3.01. The van der Waals surface area contributed by atoms with Gasteiger partial charge in [-0.05, 0) is 24.3 Å².